The average Bonchev–Trinajstić information content (AvgIpc) is 2.51. The van der Waals surface area contributed by atoms with Crippen LogP contribution >= 0.6 is 0 Å². The van der Waals surface area contributed by atoms with Crippen molar-refractivity contribution in [3.8, 4) is 0 Å². The normalized spacial score (nSPS) is 24.1. The van der Waals surface area contributed by atoms with Gasteiger partial charge in [0.2, 0.25) is 5.91 Å². The molecule has 2 N–H and O–H groups in total. The summed E-state index contributed by atoms with van der Waals surface area (Å²) in [5.74, 6) is -0.473. The zero-order valence-electron chi connectivity index (χ0n) is 16.5. The SMILES string of the molecule is [2H]C([2H])([2H])N1CC(=C)OCCCCCCCCCCCC(=O)NC1=N. The fourth-order valence-electron chi connectivity index (χ4n) is 2.40. The van der Waals surface area contributed by atoms with E-state index >= 15 is 0 Å². The van der Waals surface area contributed by atoms with Gasteiger partial charge in [-0.1, -0.05) is 51.5 Å². The van der Waals surface area contributed by atoms with E-state index in [0.717, 1.165) is 37.0 Å². The minimum atomic E-state index is -2.54. The number of amides is 1. The minimum Gasteiger partial charge on any atom is -0.497 e. The van der Waals surface area contributed by atoms with E-state index in [1.165, 1.54) is 25.7 Å². The summed E-state index contributed by atoms with van der Waals surface area (Å²) in [6.45, 7) is 1.55. The Kier molecular flexibility index (Phi) is 7.11. The van der Waals surface area contributed by atoms with Crippen LogP contribution in [0.4, 0.5) is 0 Å². The largest absolute Gasteiger partial charge is 0.497 e. The summed E-state index contributed by atoms with van der Waals surface area (Å²) in [6.07, 6.45) is 9.91. The fourth-order valence-corrected chi connectivity index (χ4v) is 2.40. The number of nitrogens with one attached hydrogen (secondary N) is 2. The van der Waals surface area contributed by atoms with E-state index in [9.17, 15) is 4.79 Å². The Morgan fingerprint density at radius 1 is 1.14 bits per heavy atom. The van der Waals surface area contributed by atoms with Gasteiger partial charge >= 0.3 is 0 Å². The number of ether oxygens (including phenoxy) is 1. The number of rotatable bonds is 0. The minimum absolute atomic E-state index is 0.143. The lowest BCUT2D eigenvalue weighted by Crippen LogP contribution is -2.42. The molecule has 1 aliphatic rings. The van der Waals surface area contributed by atoms with Gasteiger partial charge in [0.1, 0.15) is 5.76 Å². The molecule has 1 heterocycles. The number of carbonyl (C=O) groups excluding carboxylic acids is 1. The Morgan fingerprint density at radius 3 is 2.36 bits per heavy atom. The maximum Gasteiger partial charge on any atom is 0.226 e. The molecule has 0 spiro atoms. The van der Waals surface area contributed by atoms with Crippen LogP contribution in [0, 0.1) is 5.41 Å². The molecule has 0 aromatic rings. The third-order valence-electron chi connectivity index (χ3n) is 3.72. The fraction of sp³-hybridized carbons (Fsp3) is 0.765. The highest BCUT2D eigenvalue weighted by molar-refractivity contribution is 5.95. The Labute approximate surface area is 138 Å². The van der Waals surface area contributed by atoms with Crippen LogP contribution in [0.15, 0.2) is 12.3 Å². The highest BCUT2D eigenvalue weighted by Gasteiger charge is 2.10. The lowest BCUT2D eigenvalue weighted by Gasteiger charge is -2.21. The van der Waals surface area contributed by atoms with Gasteiger partial charge in [-0.05, 0) is 12.8 Å². The summed E-state index contributed by atoms with van der Waals surface area (Å²) in [5.41, 5.74) is 0. The van der Waals surface area contributed by atoms with Crippen LogP contribution in [0.3, 0.4) is 0 Å². The topological polar surface area (TPSA) is 65.4 Å². The van der Waals surface area contributed by atoms with E-state index in [-0.39, 0.29) is 18.2 Å². The average molecular weight is 312 g/mol. The van der Waals surface area contributed by atoms with Gasteiger partial charge in [0.15, 0.2) is 5.96 Å². The molecule has 0 aliphatic carbocycles. The maximum absolute atomic E-state index is 11.9. The quantitative estimate of drug-likeness (QED) is 0.720. The number of guanidine groups is 1. The van der Waals surface area contributed by atoms with Gasteiger partial charge in [-0.25, -0.2) is 0 Å². The Hall–Kier alpha value is -1.52. The molecule has 0 aromatic heterocycles. The first-order valence-electron chi connectivity index (χ1n) is 9.77. The van der Waals surface area contributed by atoms with E-state index < -0.39 is 12.9 Å². The molecule has 126 valence electrons. The van der Waals surface area contributed by atoms with Crippen molar-refractivity contribution in [3.05, 3.63) is 12.3 Å². The van der Waals surface area contributed by atoms with Crippen molar-refractivity contribution in [1.82, 2.24) is 10.2 Å². The van der Waals surface area contributed by atoms with Crippen molar-refractivity contribution >= 4 is 11.9 Å². The van der Waals surface area contributed by atoms with Crippen LogP contribution in [0.2, 0.25) is 0 Å². The van der Waals surface area contributed by atoms with Gasteiger partial charge in [0.25, 0.3) is 0 Å². The molecule has 5 nitrogen and oxygen atoms in total. The van der Waals surface area contributed by atoms with Crippen molar-refractivity contribution in [1.29, 1.82) is 5.41 Å². The Morgan fingerprint density at radius 2 is 1.73 bits per heavy atom. The molecule has 0 radical (unpaired) electrons. The Bertz CT molecular complexity index is 453. The molecule has 0 unspecified atom stereocenters. The monoisotopic (exact) mass is 312 g/mol. The smallest absolute Gasteiger partial charge is 0.226 e. The van der Waals surface area contributed by atoms with Crippen LogP contribution in [0.25, 0.3) is 0 Å². The third-order valence-corrected chi connectivity index (χ3v) is 3.72. The predicted octanol–water partition coefficient (Wildman–Crippen LogP) is 3.41. The molecular formula is C17H31N3O2. The van der Waals surface area contributed by atoms with Gasteiger partial charge in [-0.3, -0.25) is 15.5 Å². The second-order valence-corrected chi connectivity index (χ2v) is 5.80. The van der Waals surface area contributed by atoms with Crippen molar-refractivity contribution in [3.63, 3.8) is 0 Å². The molecule has 1 saturated heterocycles. The summed E-state index contributed by atoms with van der Waals surface area (Å²) < 4.78 is 28.2. The second-order valence-electron chi connectivity index (χ2n) is 5.80. The molecular weight excluding hydrogens is 278 g/mol. The number of hydrogen-bond donors (Lipinski definition) is 2. The molecule has 1 aliphatic heterocycles. The number of nitrogens with zero attached hydrogens (tertiary/aromatic N) is 1. The van der Waals surface area contributed by atoms with E-state index in [2.05, 4.69) is 11.9 Å². The first-order valence-corrected chi connectivity index (χ1v) is 8.27. The molecule has 1 rings (SSSR count). The molecule has 0 bridgehead atoms. The highest BCUT2D eigenvalue weighted by atomic mass is 16.5. The lowest BCUT2D eigenvalue weighted by molar-refractivity contribution is -0.120. The Balaban J connectivity index is 2.66. The van der Waals surface area contributed by atoms with E-state index in [0.29, 0.717) is 13.0 Å². The first-order chi connectivity index (χ1) is 11.8. The molecule has 5 heteroatoms. The van der Waals surface area contributed by atoms with Crippen molar-refractivity contribution in [2.24, 2.45) is 0 Å². The second kappa shape index (κ2) is 11.1. The van der Waals surface area contributed by atoms with E-state index in [4.69, 9.17) is 14.3 Å². The maximum atomic E-state index is 11.9. The van der Waals surface area contributed by atoms with Crippen molar-refractivity contribution < 1.29 is 13.6 Å². The summed E-state index contributed by atoms with van der Waals surface area (Å²) in [5, 5.41) is 10.3. The predicted molar refractivity (Wildman–Crippen MR) is 89.8 cm³/mol. The van der Waals surface area contributed by atoms with E-state index in [1.807, 2.05) is 0 Å². The van der Waals surface area contributed by atoms with Crippen molar-refractivity contribution in [2.45, 2.75) is 64.2 Å². The van der Waals surface area contributed by atoms with Crippen LogP contribution in [-0.4, -0.2) is 36.9 Å². The molecule has 22 heavy (non-hydrogen) atoms. The van der Waals surface area contributed by atoms with Crippen LogP contribution < -0.4 is 5.32 Å². The molecule has 1 fully saturated rings. The van der Waals surface area contributed by atoms with Gasteiger partial charge in [-0.15, -0.1) is 0 Å². The summed E-state index contributed by atoms with van der Waals surface area (Å²) in [7, 11) is 0. The molecule has 0 saturated carbocycles. The zero-order chi connectivity index (χ0) is 18.7. The zero-order valence-corrected chi connectivity index (χ0v) is 13.5. The van der Waals surface area contributed by atoms with Crippen LogP contribution in [0.5, 0.6) is 0 Å². The summed E-state index contributed by atoms with van der Waals surface area (Å²) >= 11 is 0. The van der Waals surface area contributed by atoms with Crippen LogP contribution in [0.1, 0.15) is 68.3 Å². The lowest BCUT2D eigenvalue weighted by atomic mass is 10.1. The standard InChI is InChI=1S/C17H31N3O2/c1-15-14-20(2)17(18)19-16(21)12-10-8-6-4-3-5-7-9-11-13-22-15/h1,3-14H2,2H3,(H2,18,19,21)/i2D3. The third kappa shape index (κ3) is 8.70. The van der Waals surface area contributed by atoms with Gasteiger partial charge in [-0.2, -0.15) is 0 Å². The van der Waals surface area contributed by atoms with E-state index in [1.54, 1.807) is 0 Å². The molecule has 1 amide bonds. The summed E-state index contributed by atoms with van der Waals surface area (Å²) in [6, 6.07) is 0. The highest BCUT2D eigenvalue weighted by Crippen LogP contribution is 2.11. The van der Waals surface area contributed by atoms with Gasteiger partial charge < -0.3 is 9.64 Å². The molecule has 0 atom stereocenters. The summed E-state index contributed by atoms with van der Waals surface area (Å²) in [4.78, 5) is 12.8. The van der Waals surface area contributed by atoms with Gasteiger partial charge in [0, 0.05) is 17.5 Å². The first kappa shape index (κ1) is 14.1. The van der Waals surface area contributed by atoms with Crippen LogP contribution in [-0.2, 0) is 9.53 Å². The number of likely N-dealkylation sites (N-methyl/N-ethyl adjacent to an activating group) is 1. The van der Waals surface area contributed by atoms with Crippen molar-refractivity contribution in [2.75, 3.05) is 20.1 Å². The number of carbonyl (C=O) groups is 1. The number of hydrogen-bond acceptors (Lipinski definition) is 3. The molecule has 0 aromatic carbocycles. The van der Waals surface area contributed by atoms with Gasteiger partial charge in [0.05, 0.1) is 13.2 Å².